The molecule has 2 aromatic rings. The van der Waals surface area contributed by atoms with Crippen LogP contribution in [0.1, 0.15) is 15.9 Å². The van der Waals surface area contributed by atoms with Crippen molar-refractivity contribution in [3.63, 3.8) is 0 Å². The van der Waals surface area contributed by atoms with Gasteiger partial charge in [-0.3, -0.25) is 4.79 Å². The Balaban J connectivity index is 2.17. The summed E-state index contributed by atoms with van der Waals surface area (Å²) >= 11 is 0. The van der Waals surface area contributed by atoms with Crippen molar-refractivity contribution in [3.8, 4) is 0 Å². The van der Waals surface area contributed by atoms with E-state index in [0.717, 1.165) is 16.9 Å². The van der Waals surface area contributed by atoms with Crippen molar-refractivity contribution in [1.29, 1.82) is 0 Å². The highest BCUT2D eigenvalue weighted by Gasteiger charge is 2.08. The van der Waals surface area contributed by atoms with Gasteiger partial charge in [0.2, 0.25) is 0 Å². The zero-order valence-electron chi connectivity index (χ0n) is 12.3. The van der Waals surface area contributed by atoms with E-state index >= 15 is 0 Å². The van der Waals surface area contributed by atoms with Crippen LogP contribution in [0.5, 0.6) is 0 Å². The highest BCUT2D eigenvalue weighted by molar-refractivity contribution is 6.04. The van der Waals surface area contributed by atoms with Gasteiger partial charge in [-0.25, -0.2) is 10.8 Å². The summed E-state index contributed by atoms with van der Waals surface area (Å²) in [7, 11) is 3.94. The number of carbonyl (C=O) groups is 1. The summed E-state index contributed by atoms with van der Waals surface area (Å²) < 4.78 is 0. The number of hydrogen-bond donors (Lipinski definition) is 3. The molecule has 6 heteroatoms. The number of nitrogens with two attached hydrogens (primary N) is 1. The average Bonchev–Trinajstić information content (AvgIpc) is 2.49. The molecule has 1 aromatic heterocycles. The van der Waals surface area contributed by atoms with Crippen LogP contribution in [-0.2, 0) is 0 Å². The lowest BCUT2D eigenvalue weighted by atomic mass is 10.1. The number of nitrogens with one attached hydrogen (secondary N) is 2. The van der Waals surface area contributed by atoms with Crippen molar-refractivity contribution >= 4 is 23.1 Å². The second-order valence-corrected chi connectivity index (χ2v) is 4.93. The molecule has 110 valence electrons. The van der Waals surface area contributed by atoms with E-state index in [2.05, 4.69) is 15.7 Å². The Hall–Kier alpha value is -2.60. The van der Waals surface area contributed by atoms with E-state index in [9.17, 15) is 4.79 Å². The zero-order valence-corrected chi connectivity index (χ0v) is 12.3. The average molecular weight is 285 g/mol. The number of pyridine rings is 1. The van der Waals surface area contributed by atoms with Crippen LogP contribution in [0.15, 0.2) is 36.5 Å². The molecule has 0 radical (unpaired) electrons. The van der Waals surface area contributed by atoms with Crippen molar-refractivity contribution in [2.24, 2.45) is 5.84 Å². The zero-order chi connectivity index (χ0) is 15.4. The summed E-state index contributed by atoms with van der Waals surface area (Å²) in [6, 6.07) is 9.11. The lowest BCUT2D eigenvalue weighted by Gasteiger charge is -2.17. The molecule has 1 amide bonds. The Morgan fingerprint density at radius 3 is 2.57 bits per heavy atom. The number of anilines is 3. The van der Waals surface area contributed by atoms with Gasteiger partial charge in [0.1, 0.15) is 5.82 Å². The van der Waals surface area contributed by atoms with Crippen LogP contribution in [0, 0.1) is 6.92 Å². The van der Waals surface area contributed by atoms with Crippen molar-refractivity contribution in [1.82, 2.24) is 4.98 Å². The molecule has 4 N–H and O–H groups in total. The Morgan fingerprint density at radius 1 is 1.24 bits per heavy atom. The molecule has 0 spiro atoms. The Bertz CT molecular complexity index is 637. The molecule has 0 atom stereocenters. The normalized spacial score (nSPS) is 10.1. The van der Waals surface area contributed by atoms with Crippen LogP contribution in [0.25, 0.3) is 0 Å². The first kappa shape index (κ1) is 14.8. The number of aromatic nitrogens is 1. The quantitative estimate of drug-likeness (QED) is 0.591. The largest absolute Gasteiger partial charge is 0.377 e. The summed E-state index contributed by atoms with van der Waals surface area (Å²) in [4.78, 5) is 18.2. The molecule has 2 rings (SSSR count). The van der Waals surface area contributed by atoms with E-state index in [-0.39, 0.29) is 5.91 Å². The van der Waals surface area contributed by atoms with Crippen molar-refractivity contribution in [2.75, 3.05) is 29.7 Å². The fourth-order valence-electron chi connectivity index (χ4n) is 1.99. The molecular formula is C15H19N5O. The molecular weight excluding hydrogens is 266 g/mol. The first-order valence-corrected chi connectivity index (χ1v) is 6.53. The van der Waals surface area contributed by atoms with Gasteiger partial charge in [0.05, 0.1) is 5.56 Å². The predicted octanol–water partition coefficient (Wildman–Crippen LogP) is 1.99. The third-order valence-corrected chi connectivity index (χ3v) is 3.12. The number of carbonyl (C=O) groups excluding carboxylic acids is 1. The minimum Gasteiger partial charge on any atom is -0.377 e. The second kappa shape index (κ2) is 6.23. The third kappa shape index (κ3) is 3.49. The van der Waals surface area contributed by atoms with Gasteiger partial charge >= 0.3 is 0 Å². The molecule has 0 fully saturated rings. The second-order valence-electron chi connectivity index (χ2n) is 4.93. The highest BCUT2D eigenvalue weighted by Crippen LogP contribution is 2.22. The van der Waals surface area contributed by atoms with Gasteiger partial charge in [-0.2, -0.15) is 0 Å². The molecule has 0 aliphatic carbocycles. The number of nitrogen functional groups attached to an aromatic ring is 1. The van der Waals surface area contributed by atoms with Crippen molar-refractivity contribution in [2.45, 2.75) is 6.92 Å². The van der Waals surface area contributed by atoms with Crippen LogP contribution in [-0.4, -0.2) is 25.0 Å². The van der Waals surface area contributed by atoms with Crippen LogP contribution < -0.4 is 21.5 Å². The fourth-order valence-corrected chi connectivity index (χ4v) is 1.99. The summed E-state index contributed by atoms with van der Waals surface area (Å²) in [5.41, 5.74) is 5.85. The van der Waals surface area contributed by atoms with E-state index in [1.807, 2.05) is 44.1 Å². The van der Waals surface area contributed by atoms with E-state index in [4.69, 9.17) is 5.84 Å². The van der Waals surface area contributed by atoms with Gasteiger partial charge in [-0.05, 0) is 36.8 Å². The standard InChI is InChI=1S/C15H19N5O/c1-10-4-6-12(8-13(10)20(2)3)18-15(21)11-5-7-14(19-16)17-9-11/h4-9H,16H2,1-3H3,(H,17,19)(H,18,21). The Labute approximate surface area is 123 Å². The molecule has 1 aromatic carbocycles. The lowest BCUT2D eigenvalue weighted by Crippen LogP contribution is -2.15. The van der Waals surface area contributed by atoms with Crippen LogP contribution in [0.3, 0.4) is 0 Å². The monoisotopic (exact) mass is 285 g/mol. The third-order valence-electron chi connectivity index (χ3n) is 3.12. The molecule has 0 aliphatic heterocycles. The van der Waals surface area contributed by atoms with Crippen LogP contribution in [0.2, 0.25) is 0 Å². The summed E-state index contributed by atoms with van der Waals surface area (Å²) in [6.45, 7) is 2.03. The highest BCUT2D eigenvalue weighted by atomic mass is 16.1. The minimum absolute atomic E-state index is 0.209. The first-order chi connectivity index (χ1) is 10.0. The maximum absolute atomic E-state index is 12.2. The predicted molar refractivity (Wildman–Crippen MR) is 85.5 cm³/mol. The molecule has 0 saturated carbocycles. The van der Waals surface area contributed by atoms with E-state index < -0.39 is 0 Å². The van der Waals surface area contributed by atoms with Gasteiger partial charge in [-0.1, -0.05) is 6.07 Å². The van der Waals surface area contributed by atoms with Gasteiger partial charge < -0.3 is 15.6 Å². The van der Waals surface area contributed by atoms with Crippen LogP contribution in [0.4, 0.5) is 17.2 Å². The number of hydrazine groups is 1. The van der Waals surface area contributed by atoms with Gasteiger partial charge in [-0.15, -0.1) is 0 Å². The Morgan fingerprint density at radius 2 is 2.00 bits per heavy atom. The molecule has 0 saturated heterocycles. The number of aryl methyl sites for hydroxylation is 1. The number of hydrogen-bond acceptors (Lipinski definition) is 5. The maximum atomic E-state index is 12.2. The summed E-state index contributed by atoms with van der Waals surface area (Å²) in [6.07, 6.45) is 1.48. The van der Waals surface area contributed by atoms with Gasteiger partial charge in [0.25, 0.3) is 5.91 Å². The molecule has 0 aliphatic rings. The van der Waals surface area contributed by atoms with E-state index in [0.29, 0.717) is 11.4 Å². The van der Waals surface area contributed by atoms with Crippen molar-refractivity contribution < 1.29 is 4.79 Å². The van der Waals surface area contributed by atoms with E-state index in [1.54, 1.807) is 12.1 Å². The number of amides is 1. The minimum atomic E-state index is -0.209. The van der Waals surface area contributed by atoms with Gasteiger partial charge in [0.15, 0.2) is 0 Å². The van der Waals surface area contributed by atoms with Crippen LogP contribution >= 0.6 is 0 Å². The summed E-state index contributed by atoms with van der Waals surface area (Å²) in [5, 5.41) is 2.86. The van der Waals surface area contributed by atoms with Gasteiger partial charge in [0, 0.05) is 31.7 Å². The fraction of sp³-hybridized carbons (Fsp3) is 0.200. The van der Waals surface area contributed by atoms with Crippen molar-refractivity contribution in [3.05, 3.63) is 47.7 Å². The smallest absolute Gasteiger partial charge is 0.257 e. The van der Waals surface area contributed by atoms with E-state index in [1.165, 1.54) is 6.20 Å². The molecule has 6 nitrogen and oxygen atoms in total. The number of nitrogens with zero attached hydrogens (tertiary/aromatic N) is 2. The molecule has 1 heterocycles. The first-order valence-electron chi connectivity index (χ1n) is 6.53. The lowest BCUT2D eigenvalue weighted by molar-refractivity contribution is 0.102. The number of rotatable bonds is 4. The Kier molecular flexibility index (Phi) is 4.39. The molecule has 0 bridgehead atoms. The number of benzene rings is 1. The SMILES string of the molecule is Cc1ccc(NC(=O)c2ccc(NN)nc2)cc1N(C)C. The summed E-state index contributed by atoms with van der Waals surface area (Å²) in [5.74, 6) is 5.54. The molecule has 0 unspecified atom stereocenters. The topological polar surface area (TPSA) is 83.3 Å². The molecule has 21 heavy (non-hydrogen) atoms. The maximum Gasteiger partial charge on any atom is 0.257 e.